The molecule has 6 heteroatoms. The van der Waals surface area contributed by atoms with Crippen molar-refractivity contribution in [3.63, 3.8) is 0 Å². The number of Topliss-reactive ketones (excluding diaryl/α,β-unsaturated/α-hetero) is 1. The molecule has 0 saturated carbocycles. The van der Waals surface area contributed by atoms with Gasteiger partial charge in [0.05, 0.1) is 19.0 Å². The molecule has 0 aliphatic carbocycles. The Morgan fingerprint density at radius 2 is 2.14 bits per heavy atom. The monoisotopic (exact) mass is 257 g/mol. The SMILES string of the molecule is CC(=O)CSC1N(C)C=C[NH+]1C.[Cl-].[Cl-]. The van der Waals surface area contributed by atoms with E-state index >= 15 is 0 Å². The summed E-state index contributed by atoms with van der Waals surface area (Å²) < 4.78 is 0. The summed E-state index contributed by atoms with van der Waals surface area (Å²) in [6, 6.07) is 0. The summed E-state index contributed by atoms with van der Waals surface area (Å²) in [4.78, 5) is 14.2. The van der Waals surface area contributed by atoms with Gasteiger partial charge in [0, 0.05) is 7.05 Å². The van der Waals surface area contributed by atoms with E-state index in [1.807, 2.05) is 13.2 Å². The van der Waals surface area contributed by atoms with Gasteiger partial charge in [-0.15, -0.1) is 0 Å². The van der Waals surface area contributed by atoms with Crippen LogP contribution in [-0.4, -0.2) is 36.0 Å². The van der Waals surface area contributed by atoms with Crippen LogP contribution < -0.4 is 29.7 Å². The van der Waals surface area contributed by atoms with Crippen LogP contribution in [0.25, 0.3) is 0 Å². The molecule has 84 valence electrons. The summed E-state index contributed by atoms with van der Waals surface area (Å²) in [5.41, 5.74) is 0.369. The van der Waals surface area contributed by atoms with Crippen molar-refractivity contribution in [2.24, 2.45) is 0 Å². The fourth-order valence-electron chi connectivity index (χ4n) is 1.16. The number of hydrogen-bond donors (Lipinski definition) is 1. The van der Waals surface area contributed by atoms with Gasteiger partial charge in [-0.1, -0.05) is 11.8 Å². The second-order valence-electron chi connectivity index (χ2n) is 3.09. The van der Waals surface area contributed by atoms with Gasteiger partial charge in [-0.05, 0) is 6.92 Å². The van der Waals surface area contributed by atoms with Crippen molar-refractivity contribution in [2.75, 3.05) is 19.8 Å². The van der Waals surface area contributed by atoms with E-state index in [-0.39, 0.29) is 30.6 Å². The van der Waals surface area contributed by atoms with Gasteiger partial charge in [0.1, 0.15) is 12.0 Å². The molecule has 0 aromatic heterocycles. The van der Waals surface area contributed by atoms with Crippen LogP contribution in [0.2, 0.25) is 0 Å². The zero-order valence-corrected chi connectivity index (χ0v) is 10.8. The number of carbonyl (C=O) groups is 1. The van der Waals surface area contributed by atoms with Crippen molar-refractivity contribution >= 4 is 17.5 Å². The van der Waals surface area contributed by atoms with Gasteiger partial charge < -0.3 is 29.7 Å². The second kappa shape index (κ2) is 7.40. The summed E-state index contributed by atoms with van der Waals surface area (Å²) in [6.45, 7) is 1.63. The van der Waals surface area contributed by atoms with E-state index in [1.54, 1.807) is 18.7 Å². The number of halogens is 2. The molecular formula is C8H15Cl2N2OS-. The minimum atomic E-state index is 0. The maximum Gasteiger partial charge on any atom is 0.215 e. The molecule has 1 heterocycles. The fourth-order valence-corrected chi connectivity index (χ4v) is 2.20. The van der Waals surface area contributed by atoms with E-state index in [0.717, 1.165) is 0 Å². The minimum Gasteiger partial charge on any atom is -1.00 e. The van der Waals surface area contributed by atoms with Crippen LogP contribution >= 0.6 is 11.8 Å². The van der Waals surface area contributed by atoms with Crippen molar-refractivity contribution in [1.82, 2.24) is 4.90 Å². The Balaban J connectivity index is 0. The summed E-state index contributed by atoms with van der Waals surface area (Å²) >= 11 is 1.69. The molecule has 0 aromatic rings. The van der Waals surface area contributed by atoms with E-state index in [4.69, 9.17) is 0 Å². The topological polar surface area (TPSA) is 24.8 Å². The van der Waals surface area contributed by atoms with Crippen LogP contribution in [0.4, 0.5) is 0 Å². The molecular weight excluding hydrogens is 243 g/mol. The van der Waals surface area contributed by atoms with Gasteiger partial charge >= 0.3 is 0 Å². The Hall–Kier alpha value is 0.1000. The van der Waals surface area contributed by atoms with Crippen molar-refractivity contribution in [1.29, 1.82) is 0 Å². The Kier molecular flexibility index (Phi) is 8.73. The maximum absolute atomic E-state index is 10.7. The standard InChI is InChI=1S/C8H14N2OS.2ClH/c1-7(11)6-12-8-9(2)4-5-10(8)3;;/h4-5,8H,6H2,1-3H3;2*1H/p-1. The molecule has 0 bridgehead atoms. The Bertz CT molecular complexity index is 202. The van der Waals surface area contributed by atoms with Gasteiger partial charge in [0.25, 0.3) is 0 Å². The van der Waals surface area contributed by atoms with Crippen molar-refractivity contribution in [3.05, 3.63) is 12.4 Å². The van der Waals surface area contributed by atoms with E-state index < -0.39 is 0 Å². The summed E-state index contributed by atoms with van der Waals surface area (Å²) in [7, 11) is 4.13. The third-order valence-corrected chi connectivity index (χ3v) is 3.37. The van der Waals surface area contributed by atoms with E-state index in [2.05, 4.69) is 18.1 Å². The van der Waals surface area contributed by atoms with Gasteiger partial charge in [0.15, 0.2) is 0 Å². The Morgan fingerprint density at radius 1 is 1.57 bits per heavy atom. The predicted molar refractivity (Wildman–Crippen MR) is 50.7 cm³/mol. The average Bonchev–Trinajstić information content (AvgIpc) is 2.28. The van der Waals surface area contributed by atoms with E-state index in [0.29, 0.717) is 11.3 Å². The number of nitrogens with zero attached hydrogens (tertiary/aromatic N) is 1. The Morgan fingerprint density at radius 3 is 2.50 bits per heavy atom. The zero-order valence-electron chi connectivity index (χ0n) is 8.46. The highest BCUT2D eigenvalue weighted by molar-refractivity contribution is 8.00. The summed E-state index contributed by atoms with van der Waals surface area (Å²) in [5.74, 6) is 0.849. The highest BCUT2D eigenvalue weighted by atomic mass is 35.5. The molecule has 0 spiro atoms. The molecule has 2 unspecified atom stereocenters. The third-order valence-electron chi connectivity index (χ3n) is 1.78. The van der Waals surface area contributed by atoms with Gasteiger partial charge in [-0.25, -0.2) is 0 Å². The van der Waals surface area contributed by atoms with Crippen LogP contribution in [0, 0.1) is 0 Å². The number of carbonyl (C=O) groups excluding carboxylic acids is 1. The first-order valence-electron chi connectivity index (χ1n) is 3.96. The second-order valence-corrected chi connectivity index (χ2v) is 4.16. The average molecular weight is 258 g/mol. The van der Waals surface area contributed by atoms with E-state index in [1.165, 1.54) is 4.90 Å². The lowest BCUT2D eigenvalue weighted by Crippen LogP contribution is -3.07. The molecule has 0 fully saturated rings. The molecule has 3 nitrogen and oxygen atoms in total. The molecule has 0 saturated heterocycles. The molecule has 1 N–H and O–H groups in total. The molecule has 1 rings (SSSR count). The Labute approximate surface area is 102 Å². The first-order chi connectivity index (χ1) is 5.61. The van der Waals surface area contributed by atoms with Crippen molar-refractivity contribution < 1.29 is 34.5 Å². The molecule has 1 aliphatic heterocycles. The number of ketones is 1. The van der Waals surface area contributed by atoms with Gasteiger partial charge in [-0.2, -0.15) is 0 Å². The summed E-state index contributed by atoms with van der Waals surface area (Å²) in [6.07, 6.45) is 4.14. The van der Waals surface area contributed by atoms with Crippen LogP contribution in [0.1, 0.15) is 6.92 Å². The first kappa shape index (κ1) is 16.5. The number of thioether (sulfide) groups is 1. The maximum atomic E-state index is 10.7. The van der Waals surface area contributed by atoms with Crippen LogP contribution in [-0.2, 0) is 4.79 Å². The van der Waals surface area contributed by atoms with Crippen LogP contribution in [0.15, 0.2) is 12.4 Å². The number of hydrogen-bond acceptors (Lipinski definition) is 3. The molecule has 2 atom stereocenters. The van der Waals surface area contributed by atoms with E-state index in [9.17, 15) is 4.79 Å². The van der Waals surface area contributed by atoms with Crippen LogP contribution in [0.3, 0.4) is 0 Å². The fraction of sp³-hybridized carbons (Fsp3) is 0.625. The van der Waals surface area contributed by atoms with Crippen molar-refractivity contribution in [2.45, 2.75) is 12.4 Å². The van der Waals surface area contributed by atoms with Crippen molar-refractivity contribution in [3.8, 4) is 0 Å². The quantitative estimate of drug-likeness (QED) is 0.545. The molecule has 14 heavy (non-hydrogen) atoms. The highest BCUT2D eigenvalue weighted by Gasteiger charge is 2.25. The summed E-state index contributed by atoms with van der Waals surface area (Å²) in [5, 5.41) is 0. The number of quaternary nitrogens is 1. The number of rotatable bonds is 3. The normalized spacial score (nSPS) is 24.1. The molecule has 0 radical (unpaired) electrons. The largest absolute Gasteiger partial charge is 1.00 e. The number of nitrogens with one attached hydrogen (secondary N) is 1. The minimum absolute atomic E-state index is 0. The lowest BCUT2D eigenvalue weighted by molar-refractivity contribution is -0.838. The zero-order chi connectivity index (χ0) is 9.14. The third kappa shape index (κ3) is 4.55. The molecule has 0 aromatic carbocycles. The first-order valence-corrected chi connectivity index (χ1v) is 5.01. The smallest absolute Gasteiger partial charge is 0.215 e. The highest BCUT2D eigenvalue weighted by Crippen LogP contribution is 2.11. The lowest BCUT2D eigenvalue weighted by Gasteiger charge is -2.21. The lowest BCUT2D eigenvalue weighted by atomic mass is 10.5. The van der Waals surface area contributed by atoms with Gasteiger partial charge in [-0.3, -0.25) is 9.69 Å². The van der Waals surface area contributed by atoms with Crippen LogP contribution in [0.5, 0.6) is 0 Å². The predicted octanol–water partition coefficient (Wildman–Crippen LogP) is -6.47. The molecule has 0 amide bonds. The molecule has 1 aliphatic rings. The van der Waals surface area contributed by atoms with Gasteiger partial charge in [0.2, 0.25) is 5.50 Å².